The fourth-order valence-corrected chi connectivity index (χ4v) is 3.34. The molecule has 0 spiro atoms. The van der Waals surface area contributed by atoms with E-state index >= 15 is 0 Å². The zero-order valence-corrected chi connectivity index (χ0v) is 17.5. The van der Waals surface area contributed by atoms with Crippen molar-refractivity contribution in [2.45, 2.75) is 33.0 Å². The second-order valence-electron chi connectivity index (χ2n) is 7.73. The van der Waals surface area contributed by atoms with Crippen molar-refractivity contribution in [3.05, 3.63) is 108 Å². The summed E-state index contributed by atoms with van der Waals surface area (Å²) in [5.41, 5.74) is 2.66. The number of hydrogen-bond acceptors (Lipinski definition) is 2. The molecule has 0 saturated carbocycles. The second-order valence-corrected chi connectivity index (χ2v) is 7.73. The lowest BCUT2D eigenvalue weighted by molar-refractivity contribution is -0.135. The van der Waals surface area contributed by atoms with Gasteiger partial charge in [-0.1, -0.05) is 92.7 Å². The normalized spacial score (nSPS) is 11.7. The first-order valence-corrected chi connectivity index (χ1v) is 10.3. The zero-order chi connectivity index (χ0) is 21.3. The SMILES string of the molecule is CC(C)[C@@H](NC(=O)c1ccccc1)C(=O)N(Cc1ccccc1)Cc1ccccc1. The van der Waals surface area contributed by atoms with Crippen LogP contribution in [0.2, 0.25) is 0 Å². The van der Waals surface area contributed by atoms with Crippen molar-refractivity contribution in [2.75, 3.05) is 0 Å². The molecule has 0 aliphatic rings. The number of rotatable bonds is 8. The van der Waals surface area contributed by atoms with Crippen molar-refractivity contribution in [3.8, 4) is 0 Å². The number of nitrogens with zero attached hydrogens (tertiary/aromatic N) is 1. The molecule has 0 fully saturated rings. The topological polar surface area (TPSA) is 49.4 Å². The fraction of sp³-hybridized carbons (Fsp3) is 0.231. The van der Waals surface area contributed by atoms with Crippen LogP contribution in [0.5, 0.6) is 0 Å². The van der Waals surface area contributed by atoms with Crippen LogP contribution in [0.1, 0.15) is 35.3 Å². The maximum absolute atomic E-state index is 13.6. The number of nitrogens with one attached hydrogen (secondary N) is 1. The third-order valence-corrected chi connectivity index (χ3v) is 5.00. The summed E-state index contributed by atoms with van der Waals surface area (Å²) in [6.07, 6.45) is 0. The van der Waals surface area contributed by atoms with Crippen molar-refractivity contribution >= 4 is 11.8 Å². The van der Waals surface area contributed by atoms with Crippen molar-refractivity contribution in [1.29, 1.82) is 0 Å². The summed E-state index contributed by atoms with van der Waals surface area (Å²) in [5, 5.41) is 2.95. The van der Waals surface area contributed by atoms with E-state index in [4.69, 9.17) is 0 Å². The van der Waals surface area contributed by atoms with E-state index in [0.29, 0.717) is 18.7 Å². The maximum atomic E-state index is 13.6. The Morgan fingerprint density at radius 1 is 0.733 bits per heavy atom. The minimum Gasteiger partial charge on any atom is -0.340 e. The van der Waals surface area contributed by atoms with Crippen LogP contribution in [0, 0.1) is 5.92 Å². The van der Waals surface area contributed by atoms with Crippen LogP contribution in [0.4, 0.5) is 0 Å². The van der Waals surface area contributed by atoms with Gasteiger partial charge in [0.2, 0.25) is 5.91 Å². The molecule has 3 aromatic carbocycles. The van der Waals surface area contributed by atoms with Gasteiger partial charge in [0.1, 0.15) is 6.04 Å². The Morgan fingerprint density at radius 2 is 1.17 bits per heavy atom. The summed E-state index contributed by atoms with van der Waals surface area (Å²) in [4.78, 5) is 28.1. The molecule has 2 amide bonds. The highest BCUT2D eigenvalue weighted by Crippen LogP contribution is 2.15. The monoisotopic (exact) mass is 400 g/mol. The van der Waals surface area contributed by atoms with Crippen LogP contribution in [-0.2, 0) is 17.9 Å². The third kappa shape index (κ3) is 5.80. The first-order chi connectivity index (χ1) is 14.5. The molecule has 0 heterocycles. The van der Waals surface area contributed by atoms with E-state index < -0.39 is 6.04 Å². The quantitative estimate of drug-likeness (QED) is 0.597. The lowest BCUT2D eigenvalue weighted by Gasteiger charge is -2.30. The maximum Gasteiger partial charge on any atom is 0.251 e. The number of carbonyl (C=O) groups excluding carboxylic acids is 2. The summed E-state index contributed by atoms with van der Waals surface area (Å²) in [6, 6.07) is 28.3. The Labute approximate surface area is 178 Å². The van der Waals surface area contributed by atoms with Gasteiger partial charge in [-0.05, 0) is 29.2 Å². The Bertz CT molecular complexity index is 899. The van der Waals surface area contributed by atoms with Crippen LogP contribution in [0.3, 0.4) is 0 Å². The summed E-state index contributed by atoms with van der Waals surface area (Å²) < 4.78 is 0. The van der Waals surface area contributed by atoms with E-state index in [1.807, 2.05) is 97.6 Å². The zero-order valence-electron chi connectivity index (χ0n) is 17.5. The largest absolute Gasteiger partial charge is 0.340 e. The Kier molecular flexibility index (Phi) is 7.39. The average Bonchev–Trinajstić information content (AvgIpc) is 2.78. The molecule has 0 aliphatic heterocycles. The van der Waals surface area contributed by atoms with Gasteiger partial charge in [0.15, 0.2) is 0 Å². The van der Waals surface area contributed by atoms with Crippen LogP contribution in [0.25, 0.3) is 0 Å². The van der Waals surface area contributed by atoms with Gasteiger partial charge in [-0.15, -0.1) is 0 Å². The van der Waals surface area contributed by atoms with Crippen LogP contribution in [-0.4, -0.2) is 22.8 Å². The fourth-order valence-electron chi connectivity index (χ4n) is 3.34. The minimum atomic E-state index is -0.606. The van der Waals surface area contributed by atoms with Crippen molar-refractivity contribution in [3.63, 3.8) is 0 Å². The Morgan fingerprint density at radius 3 is 1.60 bits per heavy atom. The molecule has 4 nitrogen and oxygen atoms in total. The Balaban J connectivity index is 1.83. The molecule has 3 aromatic rings. The lowest BCUT2D eigenvalue weighted by atomic mass is 10.0. The van der Waals surface area contributed by atoms with Gasteiger partial charge in [-0.3, -0.25) is 9.59 Å². The molecule has 3 rings (SSSR count). The van der Waals surface area contributed by atoms with E-state index in [9.17, 15) is 9.59 Å². The second kappa shape index (κ2) is 10.4. The molecule has 0 aliphatic carbocycles. The van der Waals surface area contributed by atoms with E-state index in [1.165, 1.54) is 0 Å². The molecule has 0 aromatic heterocycles. The number of hydrogen-bond donors (Lipinski definition) is 1. The molecular weight excluding hydrogens is 372 g/mol. The minimum absolute atomic E-state index is 0.0424. The van der Waals surface area contributed by atoms with Crippen LogP contribution >= 0.6 is 0 Å². The van der Waals surface area contributed by atoms with Crippen molar-refractivity contribution in [1.82, 2.24) is 10.2 Å². The average molecular weight is 401 g/mol. The van der Waals surface area contributed by atoms with E-state index in [0.717, 1.165) is 11.1 Å². The summed E-state index contributed by atoms with van der Waals surface area (Å²) in [6.45, 7) is 4.88. The predicted octanol–water partition coefficient (Wildman–Crippen LogP) is 4.67. The van der Waals surface area contributed by atoms with Gasteiger partial charge in [-0.2, -0.15) is 0 Å². The highest BCUT2D eigenvalue weighted by molar-refractivity contribution is 5.97. The third-order valence-electron chi connectivity index (χ3n) is 5.00. The number of benzene rings is 3. The highest BCUT2D eigenvalue weighted by atomic mass is 16.2. The molecule has 0 saturated heterocycles. The Hall–Kier alpha value is -3.40. The van der Waals surface area contributed by atoms with Crippen molar-refractivity contribution in [2.24, 2.45) is 5.92 Å². The highest BCUT2D eigenvalue weighted by Gasteiger charge is 2.29. The molecule has 0 radical (unpaired) electrons. The standard InChI is InChI=1S/C26H28N2O2/c1-20(2)24(27-25(29)23-16-10-5-11-17-23)26(30)28(18-21-12-6-3-7-13-21)19-22-14-8-4-9-15-22/h3-17,20,24H,18-19H2,1-2H3,(H,27,29)/t24-/m1/s1. The van der Waals surface area contributed by atoms with Crippen LogP contribution < -0.4 is 5.32 Å². The van der Waals surface area contributed by atoms with Crippen LogP contribution in [0.15, 0.2) is 91.0 Å². The lowest BCUT2D eigenvalue weighted by Crippen LogP contribution is -2.50. The molecule has 1 N–H and O–H groups in total. The molecule has 0 unspecified atom stereocenters. The first-order valence-electron chi connectivity index (χ1n) is 10.3. The molecule has 0 bridgehead atoms. The summed E-state index contributed by atoms with van der Waals surface area (Å²) in [5.74, 6) is -0.358. The number of carbonyl (C=O) groups is 2. The van der Waals surface area contributed by atoms with E-state index in [1.54, 1.807) is 12.1 Å². The summed E-state index contributed by atoms with van der Waals surface area (Å²) >= 11 is 0. The molecule has 1 atom stereocenters. The number of amides is 2. The predicted molar refractivity (Wildman–Crippen MR) is 120 cm³/mol. The smallest absolute Gasteiger partial charge is 0.251 e. The van der Waals surface area contributed by atoms with Gasteiger partial charge >= 0.3 is 0 Å². The van der Waals surface area contributed by atoms with Gasteiger partial charge < -0.3 is 10.2 Å². The van der Waals surface area contributed by atoms with Gasteiger partial charge in [0.05, 0.1) is 0 Å². The van der Waals surface area contributed by atoms with Crippen molar-refractivity contribution < 1.29 is 9.59 Å². The molecule has 30 heavy (non-hydrogen) atoms. The molecular formula is C26H28N2O2. The van der Waals surface area contributed by atoms with Gasteiger partial charge in [-0.25, -0.2) is 0 Å². The first kappa shape index (κ1) is 21.3. The molecule has 154 valence electrons. The van der Waals surface area contributed by atoms with Gasteiger partial charge in [0.25, 0.3) is 5.91 Å². The van der Waals surface area contributed by atoms with Gasteiger partial charge in [0, 0.05) is 18.7 Å². The van der Waals surface area contributed by atoms with E-state index in [2.05, 4.69) is 5.32 Å². The molecule has 4 heteroatoms. The van der Waals surface area contributed by atoms with E-state index in [-0.39, 0.29) is 17.7 Å². The summed E-state index contributed by atoms with van der Waals surface area (Å²) in [7, 11) is 0.